The molecule has 5 nitrogen and oxygen atoms in total. The van der Waals surface area contributed by atoms with Crippen LogP contribution < -0.4 is 5.32 Å². The first-order valence-electron chi connectivity index (χ1n) is 6.87. The fourth-order valence-corrected chi connectivity index (χ4v) is 2.10. The van der Waals surface area contributed by atoms with Gasteiger partial charge in [-0.3, -0.25) is 0 Å². The summed E-state index contributed by atoms with van der Waals surface area (Å²) in [5.74, 6) is 1.99. The molecular weight excluding hydrogens is 242 g/mol. The predicted octanol–water partition coefficient (Wildman–Crippen LogP) is 3.21. The Morgan fingerprint density at radius 2 is 2.21 bits per heavy atom. The Labute approximate surface area is 113 Å². The summed E-state index contributed by atoms with van der Waals surface area (Å²) < 4.78 is 10.6. The summed E-state index contributed by atoms with van der Waals surface area (Å²) in [4.78, 5) is 4.42. The molecule has 5 heteroatoms. The number of hydrogen-bond donors (Lipinski definition) is 1. The summed E-state index contributed by atoms with van der Waals surface area (Å²) in [5.41, 5.74) is 0. The molecular formula is C14H21N3O2. The van der Waals surface area contributed by atoms with Crippen LogP contribution in [0, 0.1) is 0 Å². The molecule has 0 saturated heterocycles. The van der Waals surface area contributed by atoms with Crippen LogP contribution in [-0.4, -0.2) is 22.7 Å². The van der Waals surface area contributed by atoms with E-state index < -0.39 is 0 Å². The first-order chi connectivity index (χ1) is 9.26. The van der Waals surface area contributed by atoms with Crippen molar-refractivity contribution < 1.29 is 8.94 Å². The molecule has 19 heavy (non-hydrogen) atoms. The van der Waals surface area contributed by atoms with Gasteiger partial charge in [0.05, 0.1) is 12.2 Å². The molecule has 0 bridgehead atoms. The minimum atomic E-state index is 0.188. The SMILES string of the molecule is CCCNC(CC)C(C)c1nc(-c2ccco2)no1. The van der Waals surface area contributed by atoms with Crippen LogP contribution in [0.3, 0.4) is 0 Å². The molecule has 2 rings (SSSR count). The second kappa shape index (κ2) is 6.52. The highest BCUT2D eigenvalue weighted by Crippen LogP contribution is 2.23. The monoisotopic (exact) mass is 263 g/mol. The van der Waals surface area contributed by atoms with Gasteiger partial charge < -0.3 is 14.3 Å². The number of hydrogen-bond acceptors (Lipinski definition) is 5. The first-order valence-corrected chi connectivity index (χ1v) is 6.87. The number of furan rings is 1. The van der Waals surface area contributed by atoms with E-state index >= 15 is 0 Å². The zero-order chi connectivity index (χ0) is 13.7. The Hall–Kier alpha value is -1.62. The third-order valence-corrected chi connectivity index (χ3v) is 3.27. The molecule has 0 aliphatic rings. The molecule has 2 heterocycles. The van der Waals surface area contributed by atoms with Gasteiger partial charge in [0.15, 0.2) is 5.76 Å². The zero-order valence-electron chi connectivity index (χ0n) is 11.7. The lowest BCUT2D eigenvalue weighted by molar-refractivity contribution is 0.319. The number of rotatable bonds is 7. The second-order valence-corrected chi connectivity index (χ2v) is 4.69. The number of aromatic nitrogens is 2. The van der Waals surface area contributed by atoms with Gasteiger partial charge in [-0.25, -0.2) is 0 Å². The van der Waals surface area contributed by atoms with Crippen LogP contribution in [0.4, 0.5) is 0 Å². The lowest BCUT2D eigenvalue weighted by Gasteiger charge is -2.20. The van der Waals surface area contributed by atoms with Crippen molar-refractivity contribution in [1.82, 2.24) is 15.5 Å². The quantitative estimate of drug-likeness (QED) is 0.831. The molecule has 0 amide bonds. The Morgan fingerprint density at radius 1 is 1.37 bits per heavy atom. The summed E-state index contributed by atoms with van der Waals surface area (Å²) in [6.45, 7) is 7.43. The molecule has 1 N–H and O–H groups in total. The minimum absolute atomic E-state index is 0.188. The number of nitrogens with one attached hydrogen (secondary N) is 1. The Kier molecular flexibility index (Phi) is 4.74. The van der Waals surface area contributed by atoms with Gasteiger partial charge in [0.2, 0.25) is 11.7 Å². The van der Waals surface area contributed by atoms with E-state index in [4.69, 9.17) is 8.94 Å². The van der Waals surface area contributed by atoms with Gasteiger partial charge in [0.25, 0.3) is 0 Å². The van der Waals surface area contributed by atoms with Crippen molar-refractivity contribution in [3.63, 3.8) is 0 Å². The van der Waals surface area contributed by atoms with E-state index in [0.29, 0.717) is 23.5 Å². The van der Waals surface area contributed by atoms with E-state index in [2.05, 4.69) is 36.2 Å². The highest BCUT2D eigenvalue weighted by molar-refractivity contribution is 5.44. The first kappa shape index (κ1) is 13.8. The minimum Gasteiger partial charge on any atom is -0.461 e. The van der Waals surface area contributed by atoms with Gasteiger partial charge >= 0.3 is 0 Å². The normalized spacial score (nSPS) is 14.5. The van der Waals surface area contributed by atoms with Crippen LogP contribution in [0.15, 0.2) is 27.3 Å². The van der Waals surface area contributed by atoms with E-state index in [9.17, 15) is 0 Å². The smallest absolute Gasteiger partial charge is 0.238 e. The summed E-state index contributed by atoms with van der Waals surface area (Å²) >= 11 is 0. The molecule has 0 aromatic carbocycles. The van der Waals surface area contributed by atoms with Crippen LogP contribution in [0.5, 0.6) is 0 Å². The maximum atomic E-state index is 5.35. The van der Waals surface area contributed by atoms with Gasteiger partial charge in [-0.2, -0.15) is 4.98 Å². The van der Waals surface area contributed by atoms with Crippen molar-refractivity contribution in [1.29, 1.82) is 0 Å². The molecule has 0 radical (unpaired) electrons. The summed E-state index contributed by atoms with van der Waals surface area (Å²) in [5, 5.41) is 7.48. The molecule has 0 fully saturated rings. The lowest BCUT2D eigenvalue weighted by atomic mass is 9.99. The molecule has 2 aromatic heterocycles. The molecule has 104 valence electrons. The highest BCUT2D eigenvalue weighted by atomic mass is 16.5. The maximum Gasteiger partial charge on any atom is 0.238 e. The van der Waals surface area contributed by atoms with E-state index in [1.54, 1.807) is 6.26 Å². The van der Waals surface area contributed by atoms with Crippen LogP contribution in [0.1, 0.15) is 45.4 Å². The lowest BCUT2D eigenvalue weighted by Crippen LogP contribution is -2.33. The largest absolute Gasteiger partial charge is 0.461 e. The summed E-state index contributed by atoms with van der Waals surface area (Å²) in [6.07, 6.45) is 3.75. The van der Waals surface area contributed by atoms with Crippen molar-refractivity contribution in [3.8, 4) is 11.6 Å². The third-order valence-electron chi connectivity index (χ3n) is 3.27. The highest BCUT2D eigenvalue weighted by Gasteiger charge is 2.23. The van der Waals surface area contributed by atoms with Crippen LogP contribution in [0.25, 0.3) is 11.6 Å². The van der Waals surface area contributed by atoms with Crippen molar-refractivity contribution in [2.45, 2.75) is 45.6 Å². The predicted molar refractivity (Wildman–Crippen MR) is 72.8 cm³/mol. The second-order valence-electron chi connectivity index (χ2n) is 4.69. The van der Waals surface area contributed by atoms with Crippen LogP contribution in [0.2, 0.25) is 0 Å². The zero-order valence-corrected chi connectivity index (χ0v) is 11.7. The molecule has 2 atom stereocenters. The van der Waals surface area contributed by atoms with Gasteiger partial charge in [-0.05, 0) is 31.5 Å². The average Bonchev–Trinajstić information content (AvgIpc) is 3.10. The molecule has 0 saturated carbocycles. The summed E-state index contributed by atoms with van der Waals surface area (Å²) in [7, 11) is 0. The molecule has 2 aromatic rings. The Morgan fingerprint density at radius 3 is 2.84 bits per heavy atom. The Bertz CT molecular complexity index is 479. The van der Waals surface area contributed by atoms with Crippen molar-refractivity contribution in [2.24, 2.45) is 0 Å². The van der Waals surface area contributed by atoms with Crippen molar-refractivity contribution in [2.75, 3.05) is 6.54 Å². The third kappa shape index (κ3) is 3.23. The summed E-state index contributed by atoms with van der Waals surface area (Å²) in [6, 6.07) is 3.99. The Balaban J connectivity index is 2.08. The number of nitrogens with zero attached hydrogens (tertiary/aromatic N) is 2. The maximum absolute atomic E-state index is 5.35. The molecule has 0 spiro atoms. The van der Waals surface area contributed by atoms with Gasteiger partial charge in [0, 0.05) is 6.04 Å². The van der Waals surface area contributed by atoms with E-state index in [1.165, 1.54) is 0 Å². The van der Waals surface area contributed by atoms with E-state index in [0.717, 1.165) is 19.4 Å². The van der Waals surface area contributed by atoms with Crippen LogP contribution >= 0.6 is 0 Å². The van der Waals surface area contributed by atoms with Gasteiger partial charge in [0.1, 0.15) is 0 Å². The van der Waals surface area contributed by atoms with E-state index in [1.807, 2.05) is 12.1 Å². The van der Waals surface area contributed by atoms with Gasteiger partial charge in [-0.15, -0.1) is 0 Å². The van der Waals surface area contributed by atoms with Gasteiger partial charge in [-0.1, -0.05) is 25.9 Å². The van der Waals surface area contributed by atoms with Crippen molar-refractivity contribution in [3.05, 3.63) is 24.3 Å². The molecule has 0 aliphatic heterocycles. The topological polar surface area (TPSA) is 64.1 Å². The van der Waals surface area contributed by atoms with Crippen LogP contribution in [-0.2, 0) is 0 Å². The fraction of sp³-hybridized carbons (Fsp3) is 0.571. The molecule has 0 aliphatic carbocycles. The fourth-order valence-electron chi connectivity index (χ4n) is 2.10. The average molecular weight is 263 g/mol. The standard InChI is InChI=1S/C14H21N3O2/c1-4-8-15-11(5-2)10(3)14-16-13(17-19-14)12-7-6-9-18-12/h6-7,9-11,15H,4-5,8H2,1-3H3. The van der Waals surface area contributed by atoms with Crippen molar-refractivity contribution >= 4 is 0 Å². The van der Waals surface area contributed by atoms with E-state index in [-0.39, 0.29) is 5.92 Å². The molecule has 2 unspecified atom stereocenters.